The molecule has 3 aromatic rings. The van der Waals surface area contributed by atoms with Crippen molar-refractivity contribution < 1.29 is 24.2 Å². The highest BCUT2D eigenvalue weighted by molar-refractivity contribution is 6.19. The molecule has 0 spiro atoms. The monoisotopic (exact) mass is 455 g/mol. The Morgan fingerprint density at radius 1 is 0.941 bits per heavy atom. The van der Waals surface area contributed by atoms with Crippen LogP contribution in [0.25, 0.3) is 6.08 Å². The first-order chi connectivity index (χ1) is 16.4. The summed E-state index contributed by atoms with van der Waals surface area (Å²) in [4.78, 5) is 28.0. The third kappa shape index (κ3) is 4.30. The summed E-state index contributed by atoms with van der Waals surface area (Å²) in [6.07, 6.45) is 3.04. The van der Waals surface area contributed by atoms with Gasteiger partial charge in [-0.3, -0.25) is 14.5 Å². The molecule has 6 heteroatoms. The van der Waals surface area contributed by atoms with Crippen LogP contribution in [-0.4, -0.2) is 31.0 Å². The molecule has 0 unspecified atom stereocenters. The predicted octanol–water partition coefficient (Wildman–Crippen LogP) is 5.19. The number of carbonyl (C=O) groups is 2. The van der Waals surface area contributed by atoms with Gasteiger partial charge < -0.3 is 14.6 Å². The number of ketones is 1. The summed E-state index contributed by atoms with van der Waals surface area (Å²) in [5, 5.41) is 10.9. The number of amides is 1. The summed E-state index contributed by atoms with van der Waals surface area (Å²) in [6, 6.07) is 21.0. The van der Waals surface area contributed by atoms with Crippen molar-refractivity contribution in [1.82, 2.24) is 0 Å². The first-order valence-corrected chi connectivity index (χ1v) is 10.8. The summed E-state index contributed by atoms with van der Waals surface area (Å²) in [7, 11) is 3.05. The third-order valence-corrected chi connectivity index (χ3v) is 5.70. The van der Waals surface area contributed by atoms with Crippen molar-refractivity contribution in [3.8, 4) is 11.5 Å². The van der Waals surface area contributed by atoms with Gasteiger partial charge >= 0.3 is 0 Å². The fourth-order valence-electron chi connectivity index (χ4n) is 4.07. The average Bonchev–Trinajstić information content (AvgIpc) is 3.13. The molecule has 1 aliphatic rings. The smallest absolute Gasteiger partial charge is 0.294 e. The number of rotatable bonds is 7. The minimum absolute atomic E-state index is 0.00547. The van der Waals surface area contributed by atoms with Crippen LogP contribution in [0.3, 0.4) is 0 Å². The summed E-state index contributed by atoms with van der Waals surface area (Å²) in [6.45, 7) is 1.91. The highest BCUT2D eigenvalue weighted by Crippen LogP contribution is 2.43. The van der Waals surface area contributed by atoms with Crippen LogP contribution in [0, 0.1) is 6.92 Å². The van der Waals surface area contributed by atoms with E-state index in [1.807, 2.05) is 55.5 Å². The highest BCUT2D eigenvalue weighted by atomic mass is 16.5. The summed E-state index contributed by atoms with van der Waals surface area (Å²) >= 11 is 0. The van der Waals surface area contributed by atoms with E-state index in [-0.39, 0.29) is 5.57 Å². The Morgan fingerprint density at radius 3 is 2.35 bits per heavy atom. The van der Waals surface area contributed by atoms with Gasteiger partial charge in [0.1, 0.15) is 0 Å². The molecule has 4 rings (SSSR count). The van der Waals surface area contributed by atoms with Gasteiger partial charge in [-0.1, -0.05) is 54.6 Å². The fraction of sp³-hybridized carbons (Fsp3) is 0.143. The van der Waals surface area contributed by atoms with Crippen LogP contribution in [0.2, 0.25) is 0 Å². The number of hydrogen-bond donors (Lipinski definition) is 1. The Bertz CT molecular complexity index is 1290. The summed E-state index contributed by atoms with van der Waals surface area (Å²) in [5.41, 5.74) is 2.96. The first-order valence-electron chi connectivity index (χ1n) is 10.8. The van der Waals surface area contributed by atoms with Crippen molar-refractivity contribution in [2.75, 3.05) is 19.1 Å². The number of aliphatic hydroxyl groups excluding tert-OH is 1. The topological polar surface area (TPSA) is 76.1 Å². The maximum atomic E-state index is 13.3. The van der Waals surface area contributed by atoms with Gasteiger partial charge in [0.05, 0.1) is 25.8 Å². The van der Waals surface area contributed by atoms with Crippen LogP contribution in [0.5, 0.6) is 11.5 Å². The lowest BCUT2D eigenvalue weighted by Crippen LogP contribution is -2.31. The van der Waals surface area contributed by atoms with E-state index >= 15 is 0 Å². The van der Waals surface area contributed by atoms with Crippen LogP contribution in [0.4, 0.5) is 5.69 Å². The zero-order chi connectivity index (χ0) is 24.2. The molecule has 0 radical (unpaired) electrons. The van der Waals surface area contributed by atoms with Crippen LogP contribution in [-0.2, 0) is 9.59 Å². The van der Waals surface area contributed by atoms with Gasteiger partial charge in [-0.2, -0.15) is 0 Å². The number of methoxy groups -OCH3 is 2. The van der Waals surface area contributed by atoms with Crippen LogP contribution < -0.4 is 14.4 Å². The van der Waals surface area contributed by atoms with Gasteiger partial charge in [-0.25, -0.2) is 0 Å². The molecule has 1 aliphatic heterocycles. The zero-order valence-corrected chi connectivity index (χ0v) is 19.2. The molecule has 1 N–H and O–H groups in total. The fourth-order valence-corrected chi connectivity index (χ4v) is 4.07. The number of carbonyl (C=O) groups excluding carboxylic acids is 2. The maximum Gasteiger partial charge on any atom is 0.294 e. The van der Waals surface area contributed by atoms with Crippen molar-refractivity contribution in [2.45, 2.75) is 13.0 Å². The van der Waals surface area contributed by atoms with E-state index in [0.717, 1.165) is 11.1 Å². The molecular weight excluding hydrogens is 430 g/mol. The molecule has 6 nitrogen and oxygen atoms in total. The molecule has 0 fully saturated rings. The summed E-state index contributed by atoms with van der Waals surface area (Å²) in [5.74, 6) is -0.687. The number of ether oxygens (including phenoxy) is 2. The number of nitrogens with zero attached hydrogens (tertiary/aromatic N) is 1. The minimum atomic E-state index is -0.845. The van der Waals surface area contributed by atoms with Crippen LogP contribution in [0.15, 0.2) is 90.2 Å². The van der Waals surface area contributed by atoms with Gasteiger partial charge in [0.2, 0.25) is 0 Å². The summed E-state index contributed by atoms with van der Waals surface area (Å²) < 4.78 is 10.8. The largest absolute Gasteiger partial charge is 0.503 e. The molecule has 1 amide bonds. The second kappa shape index (κ2) is 9.67. The Balaban J connectivity index is 1.83. The molecule has 172 valence electrons. The maximum absolute atomic E-state index is 13.3. The Hall–Kier alpha value is -4.32. The molecule has 34 heavy (non-hydrogen) atoms. The molecule has 0 bridgehead atoms. The lowest BCUT2D eigenvalue weighted by atomic mass is 9.94. The molecule has 1 atom stereocenters. The van der Waals surface area contributed by atoms with Gasteiger partial charge in [-0.15, -0.1) is 0 Å². The first kappa shape index (κ1) is 22.9. The van der Waals surface area contributed by atoms with Crippen molar-refractivity contribution in [2.24, 2.45) is 0 Å². The van der Waals surface area contributed by atoms with E-state index < -0.39 is 23.5 Å². The lowest BCUT2D eigenvalue weighted by molar-refractivity contribution is -0.117. The van der Waals surface area contributed by atoms with Crippen LogP contribution >= 0.6 is 0 Å². The number of anilines is 1. The van der Waals surface area contributed by atoms with Crippen molar-refractivity contribution in [1.29, 1.82) is 0 Å². The van der Waals surface area contributed by atoms with E-state index in [1.54, 1.807) is 30.3 Å². The Morgan fingerprint density at radius 2 is 1.68 bits per heavy atom. The number of hydrogen-bond acceptors (Lipinski definition) is 5. The van der Waals surface area contributed by atoms with Crippen molar-refractivity contribution >= 4 is 23.5 Å². The second-order valence-electron chi connectivity index (χ2n) is 7.90. The molecular formula is C28H25NO5. The third-order valence-electron chi connectivity index (χ3n) is 5.70. The van der Waals surface area contributed by atoms with E-state index in [2.05, 4.69) is 0 Å². The van der Waals surface area contributed by atoms with Crippen molar-refractivity contribution in [3.63, 3.8) is 0 Å². The normalized spacial score (nSPS) is 15.8. The highest BCUT2D eigenvalue weighted by Gasteiger charge is 2.44. The molecule has 0 saturated carbocycles. The van der Waals surface area contributed by atoms with Gasteiger partial charge in [-0.05, 0) is 54.0 Å². The van der Waals surface area contributed by atoms with E-state index in [1.165, 1.54) is 25.2 Å². The Kier molecular flexibility index (Phi) is 6.50. The lowest BCUT2D eigenvalue weighted by Gasteiger charge is -2.27. The van der Waals surface area contributed by atoms with Gasteiger partial charge in [0, 0.05) is 5.69 Å². The van der Waals surface area contributed by atoms with Gasteiger partial charge in [0.15, 0.2) is 23.0 Å². The zero-order valence-electron chi connectivity index (χ0n) is 19.2. The molecule has 3 aromatic carbocycles. The molecule has 0 aliphatic carbocycles. The number of allylic oxidation sites excluding steroid dienone is 1. The average molecular weight is 456 g/mol. The quantitative estimate of drug-likeness (QED) is 0.496. The Labute approximate surface area is 198 Å². The standard InChI is InChI=1S/C28H25NO5/c1-18-8-7-11-21(16-18)29-26(20-13-15-23(33-2)24(17-20)34-3)25(27(31)28(29)32)22(30)14-12-19-9-5-4-6-10-19/h4-17,26,31H,1-3H3/t26-/m1/s1. The number of aliphatic hydroxyl groups is 1. The minimum Gasteiger partial charge on any atom is -0.503 e. The SMILES string of the molecule is COc1ccc([C@@H]2C(C(=O)C=Cc3ccccc3)=C(O)C(=O)N2c2cccc(C)c2)cc1OC. The van der Waals surface area contributed by atoms with E-state index in [9.17, 15) is 14.7 Å². The predicted molar refractivity (Wildman–Crippen MR) is 131 cm³/mol. The number of aryl methyl sites for hydroxylation is 1. The molecule has 1 heterocycles. The van der Waals surface area contributed by atoms with E-state index in [0.29, 0.717) is 22.7 Å². The molecule has 0 aromatic heterocycles. The van der Waals surface area contributed by atoms with Crippen LogP contribution in [0.1, 0.15) is 22.7 Å². The molecule has 0 saturated heterocycles. The van der Waals surface area contributed by atoms with Crippen molar-refractivity contribution in [3.05, 3.63) is 107 Å². The van der Waals surface area contributed by atoms with Gasteiger partial charge in [0.25, 0.3) is 5.91 Å². The second-order valence-corrected chi connectivity index (χ2v) is 7.90. The van der Waals surface area contributed by atoms with E-state index in [4.69, 9.17) is 9.47 Å². The number of benzene rings is 3.